The van der Waals surface area contributed by atoms with E-state index in [1.54, 1.807) is 11.3 Å². The molecule has 7 heteroatoms. The summed E-state index contributed by atoms with van der Waals surface area (Å²) in [5, 5.41) is 8.03. The highest BCUT2D eigenvalue weighted by atomic mass is 32.1. The van der Waals surface area contributed by atoms with E-state index in [1.807, 2.05) is 46.7 Å². The fourth-order valence-corrected chi connectivity index (χ4v) is 4.38. The van der Waals surface area contributed by atoms with Crippen LogP contribution in [0.1, 0.15) is 29.6 Å². The molecule has 4 aromatic rings. The summed E-state index contributed by atoms with van der Waals surface area (Å²) >= 11 is 1.72. The van der Waals surface area contributed by atoms with E-state index in [-0.39, 0.29) is 0 Å². The molecule has 5 heterocycles. The van der Waals surface area contributed by atoms with Gasteiger partial charge in [-0.15, -0.1) is 11.3 Å². The summed E-state index contributed by atoms with van der Waals surface area (Å²) in [6, 6.07) is 8.16. The summed E-state index contributed by atoms with van der Waals surface area (Å²) in [5.41, 5.74) is 3.16. The van der Waals surface area contributed by atoms with Crippen LogP contribution in [-0.2, 0) is 6.54 Å². The zero-order valence-corrected chi connectivity index (χ0v) is 15.7. The molecule has 1 fully saturated rings. The third-order valence-corrected chi connectivity index (χ3v) is 5.84. The number of nitrogens with zero attached hydrogens (tertiary/aromatic N) is 6. The van der Waals surface area contributed by atoms with Crippen LogP contribution in [0.25, 0.3) is 16.8 Å². The minimum absolute atomic E-state index is 0.378. The molecule has 1 aliphatic rings. The van der Waals surface area contributed by atoms with E-state index in [1.165, 1.54) is 11.4 Å². The Balaban J connectivity index is 1.38. The van der Waals surface area contributed by atoms with Gasteiger partial charge in [-0.05, 0) is 49.2 Å². The van der Waals surface area contributed by atoms with Crippen molar-refractivity contribution in [3.05, 3.63) is 65.3 Å². The smallest absolute Gasteiger partial charge is 0.156 e. The first-order chi connectivity index (χ1) is 13.3. The number of fused-ring (bicyclic) bond motifs is 1. The summed E-state index contributed by atoms with van der Waals surface area (Å²) in [5.74, 6) is 1.33. The highest BCUT2D eigenvalue weighted by molar-refractivity contribution is 7.09. The van der Waals surface area contributed by atoms with E-state index >= 15 is 0 Å². The SMILES string of the molecule is c1cc(-c2ccc3nc([C@H]4CCCN(Cc5nccs5)C4)nn3c2)ccn1. The molecule has 0 aliphatic carbocycles. The first kappa shape index (κ1) is 16.5. The number of pyridine rings is 2. The largest absolute Gasteiger partial charge is 0.296 e. The summed E-state index contributed by atoms with van der Waals surface area (Å²) in [6.07, 6.45) is 9.87. The zero-order chi connectivity index (χ0) is 18.1. The second kappa shape index (κ2) is 7.17. The monoisotopic (exact) mass is 376 g/mol. The third-order valence-electron chi connectivity index (χ3n) is 5.07. The minimum atomic E-state index is 0.378. The number of thiazole rings is 1. The first-order valence-electron chi connectivity index (χ1n) is 9.22. The Morgan fingerprint density at radius 1 is 1.07 bits per heavy atom. The fourth-order valence-electron chi connectivity index (χ4n) is 3.72. The molecule has 0 bridgehead atoms. The summed E-state index contributed by atoms with van der Waals surface area (Å²) in [6.45, 7) is 3.04. The Hall–Kier alpha value is -2.64. The van der Waals surface area contributed by atoms with Gasteiger partial charge in [-0.3, -0.25) is 9.88 Å². The van der Waals surface area contributed by atoms with Crippen molar-refractivity contribution in [2.75, 3.05) is 13.1 Å². The zero-order valence-electron chi connectivity index (χ0n) is 14.9. The lowest BCUT2D eigenvalue weighted by Gasteiger charge is -2.30. The van der Waals surface area contributed by atoms with Crippen molar-refractivity contribution in [2.45, 2.75) is 25.3 Å². The second-order valence-corrected chi connectivity index (χ2v) is 7.91. The van der Waals surface area contributed by atoms with Crippen LogP contribution in [0.2, 0.25) is 0 Å². The molecule has 0 amide bonds. The van der Waals surface area contributed by atoms with Gasteiger partial charge in [-0.1, -0.05) is 0 Å². The number of piperidine rings is 1. The van der Waals surface area contributed by atoms with Crippen molar-refractivity contribution in [1.82, 2.24) is 29.5 Å². The average Bonchev–Trinajstić information content (AvgIpc) is 3.38. The van der Waals surface area contributed by atoms with E-state index in [0.717, 1.165) is 48.7 Å². The van der Waals surface area contributed by atoms with Crippen molar-refractivity contribution in [3.63, 3.8) is 0 Å². The lowest BCUT2D eigenvalue weighted by Crippen LogP contribution is -2.34. The molecule has 0 aromatic carbocycles. The van der Waals surface area contributed by atoms with Gasteiger partial charge < -0.3 is 0 Å². The molecule has 4 aromatic heterocycles. The maximum atomic E-state index is 4.80. The molecule has 1 saturated heterocycles. The lowest BCUT2D eigenvalue weighted by molar-refractivity contribution is 0.196. The Morgan fingerprint density at radius 2 is 2.00 bits per heavy atom. The third kappa shape index (κ3) is 3.48. The van der Waals surface area contributed by atoms with Gasteiger partial charge in [0.25, 0.3) is 0 Å². The van der Waals surface area contributed by atoms with Crippen LogP contribution in [0.3, 0.4) is 0 Å². The van der Waals surface area contributed by atoms with Crippen LogP contribution in [0.15, 0.2) is 54.4 Å². The van der Waals surface area contributed by atoms with Crippen LogP contribution in [0.5, 0.6) is 0 Å². The van der Waals surface area contributed by atoms with Gasteiger partial charge in [0.1, 0.15) is 5.01 Å². The summed E-state index contributed by atoms with van der Waals surface area (Å²) in [4.78, 5) is 15.8. The van der Waals surface area contributed by atoms with Crippen LogP contribution in [0.4, 0.5) is 0 Å². The van der Waals surface area contributed by atoms with Crippen molar-refractivity contribution in [2.24, 2.45) is 0 Å². The van der Waals surface area contributed by atoms with Crippen molar-refractivity contribution >= 4 is 17.0 Å². The summed E-state index contributed by atoms with van der Waals surface area (Å²) < 4.78 is 1.91. The standard InChI is InChI=1S/C20H20N6S/c1-2-17(12-25(10-1)14-19-22-9-11-27-19)20-23-18-4-3-16(13-26(18)24-20)15-5-7-21-8-6-15/h3-9,11,13,17H,1-2,10,12,14H2/t17-/m0/s1. The summed E-state index contributed by atoms with van der Waals surface area (Å²) in [7, 11) is 0. The number of hydrogen-bond donors (Lipinski definition) is 0. The topological polar surface area (TPSA) is 59.2 Å². The van der Waals surface area contributed by atoms with Crippen molar-refractivity contribution in [1.29, 1.82) is 0 Å². The number of hydrogen-bond acceptors (Lipinski definition) is 6. The number of likely N-dealkylation sites (tertiary alicyclic amines) is 1. The van der Waals surface area contributed by atoms with Crippen LogP contribution < -0.4 is 0 Å². The molecule has 0 radical (unpaired) electrons. The molecule has 0 saturated carbocycles. The predicted molar refractivity (Wildman–Crippen MR) is 106 cm³/mol. The molecule has 27 heavy (non-hydrogen) atoms. The van der Waals surface area contributed by atoms with Crippen LogP contribution >= 0.6 is 11.3 Å². The van der Waals surface area contributed by atoms with Crippen molar-refractivity contribution in [3.8, 4) is 11.1 Å². The lowest BCUT2D eigenvalue weighted by atomic mass is 9.97. The molecule has 0 unspecified atom stereocenters. The highest BCUT2D eigenvalue weighted by Gasteiger charge is 2.25. The van der Waals surface area contributed by atoms with Gasteiger partial charge in [0.05, 0.1) is 6.54 Å². The van der Waals surface area contributed by atoms with E-state index in [9.17, 15) is 0 Å². The average molecular weight is 376 g/mol. The molecule has 136 valence electrons. The molecule has 5 rings (SSSR count). The fraction of sp³-hybridized carbons (Fsp3) is 0.300. The number of aromatic nitrogens is 5. The molecular formula is C20H20N6S. The molecule has 1 atom stereocenters. The van der Waals surface area contributed by atoms with Gasteiger partial charge in [0.15, 0.2) is 11.5 Å². The van der Waals surface area contributed by atoms with E-state index in [4.69, 9.17) is 10.1 Å². The number of rotatable bonds is 4. The van der Waals surface area contributed by atoms with Gasteiger partial charge in [0.2, 0.25) is 0 Å². The Bertz CT molecular complexity index is 1030. The molecule has 6 nitrogen and oxygen atoms in total. The molecule has 0 spiro atoms. The minimum Gasteiger partial charge on any atom is -0.296 e. The Kier molecular flexibility index (Phi) is 4.39. The van der Waals surface area contributed by atoms with E-state index in [2.05, 4.69) is 27.1 Å². The van der Waals surface area contributed by atoms with Gasteiger partial charge in [-0.2, -0.15) is 5.10 Å². The van der Waals surface area contributed by atoms with Crippen LogP contribution in [-0.4, -0.2) is 42.6 Å². The van der Waals surface area contributed by atoms with Gasteiger partial charge >= 0.3 is 0 Å². The molecule has 1 aliphatic heterocycles. The van der Waals surface area contributed by atoms with E-state index < -0.39 is 0 Å². The maximum Gasteiger partial charge on any atom is 0.156 e. The quantitative estimate of drug-likeness (QED) is 0.544. The maximum absolute atomic E-state index is 4.80. The Morgan fingerprint density at radius 3 is 2.85 bits per heavy atom. The normalized spacial score (nSPS) is 18.1. The predicted octanol–water partition coefficient (Wildman–Crippen LogP) is 3.63. The Labute approximate surface area is 161 Å². The van der Waals surface area contributed by atoms with Crippen molar-refractivity contribution < 1.29 is 0 Å². The molecular weight excluding hydrogens is 356 g/mol. The molecule has 0 N–H and O–H groups in total. The van der Waals surface area contributed by atoms with Crippen LogP contribution in [0, 0.1) is 0 Å². The van der Waals surface area contributed by atoms with E-state index in [0.29, 0.717) is 5.92 Å². The highest BCUT2D eigenvalue weighted by Crippen LogP contribution is 2.27. The second-order valence-electron chi connectivity index (χ2n) is 6.93. The first-order valence-corrected chi connectivity index (χ1v) is 10.1. The van der Waals surface area contributed by atoms with Gasteiger partial charge in [0, 0.05) is 48.2 Å². The van der Waals surface area contributed by atoms with Gasteiger partial charge in [-0.25, -0.2) is 14.5 Å².